The van der Waals surface area contributed by atoms with E-state index in [1.165, 1.54) is 0 Å². The Kier molecular flexibility index (Phi) is 7.69. The number of rotatable bonds is 9. The second-order valence-electron chi connectivity index (χ2n) is 9.20. The van der Waals surface area contributed by atoms with Gasteiger partial charge in [-0.15, -0.1) is 0 Å². The van der Waals surface area contributed by atoms with Gasteiger partial charge in [-0.1, -0.05) is 91.0 Å². The van der Waals surface area contributed by atoms with E-state index in [1.807, 2.05) is 66.7 Å². The minimum atomic E-state index is -0.636. The van der Waals surface area contributed by atoms with Gasteiger partial charge in [-0.2, -0.15) is 0 Å². The fourth-order valence-corrected chi connectivity index (χ4v) is 4.89. The molecule has 2 saturated heterocycles. The summed E-state index contributed by atoms with van der Waals surface area (Å²) >= 11 is 0. The summed E-state index contributed by atoms with van der Waals surface area (Å²) in [5.41, 5.74) is 3.29. The van der Waals surface area contributed by atoms with Crippen LogP contribution >= 0.6 is 0 Å². The lowest BCUT2D eigenvalue weighted by atomic mass is 9.93. The maximum absolute atomic E-state index is 11.4. The molecule has 0 aliphatic carbocycles. The van der Waals surface area contributed by atoms with Gasteiger partial charge in [-0.25, -0.2) is 0 Å². The predicted octanol–water partition coefficient (Wildman–Crippen LogP) is 4.19. The van der Waals surface area contributed by atoms with Crippen LogP contribution in [0, 0.1) is 0 Å². The molecule has 0 aromatic heterocycles. The van der Waals surface area contributed by atoms with Crippen molar-refractivity contribution in [3.8, 4) is 0 Å². The topological polar surface area (TPSA) is 51.2 Å². The number of nitrogens with zero attached hydrogens (tertiary/aromatic N) is 1. The summed E-state index contributed by atoms with van der Waals surface area (Å²) in [7, 11) is 0. The zero-order valence-electron chi connectivity index (χ0n) is 19.4. The van der Waals surface area contributed by atoms with E-state index < -0.39 is 18.3 Å². The number of aliphatic hydroxyl groups is 1. The van der Waals surface area contributed by atoms with Crippen LogP contribution in [0.5, 0.6) is 0 Å². The molecule has 2 heterocycles. The normalized spacial score (nSPS) is 26.9. The molecule has 0 unspecified atom stereocenters. The van der Waals surface area contributed by atoms with Crippen molar-refractivity contribution < 1.29 is 19.3 Å². The largest absolute Gasteiger partial charge is 0.389 e. The summed E-state index contributed by atoms with van der Waals surface area (Å²) in [6.07, 6.45) is -0.773. The number of aliphatic hydroxyl groups excluding tert-OH is 1. The Morgan fingerprint density at radius 3 is 1.59 bits per heavy atom. The molecule has 5 rings (SSSR count). The van der Waals surface area contributed by atoms with Crippen molar-refractivity contribution in [1.82, 2.24) is 4.90 Å². The van der Waals surface area contributed by atoms with Gasteiger partial charge in [0, 0.05) is 19.1 Å². The Labute approximate surface area is 201 Å². The first-order valence-corrected chi connectivity index (χ1v) is 12.2. The molecule has 0 bridgehead atoms. The number of ether oxygens (including phenoxy) is 3. The van der Waals surface area contributed by atoms with E-state index in [1.54, 1.807) is 0 Å². The zero-order chi connectivity index (χ0) is 23.2. The molecule has 0 amide bonds. The van der Waals surface area contributed by atoms with E-state index in [2.05, 4.69) is 29.2 Å². The van der Waals surface area contributed by atoms with Crippen LogP contribution in [-0.2, 0) is 34.0 Å². The smallest absolute Gasteiger partial charge is 0.114 e. The third kappa shape index (κ3) is 5.57. The van der Waals surface area contributed by atoms with Crippen molar-refractivity contribution in [3.05, 3.63) is 108 Å². The van der Waals surface area contributed by atoms with E-state index in [0.717, 1.165) is 36.2 Å². The third-order valence-electron chi connectivity index (χ3n) is 6.89. The molecule has 0 saturated carbocycles. The van der Waals surface area contributed by atoms with Crippen LogP contribution in [0.25, 0.3) is 0 Å². The van der Waals surface area contributed by atoms with E-state index in [0.29, 0.717) is 19.8 Å². The highest BCUT2D eigenvalue weighted by Crippen LogP contribution is 2.33. The summed E-state index contributed by atoms with van der Waals surface area (Å²) < 4.78 is 19.4. The Bertz CT molecular complexity index is 1000. The van der Waals surface area contributed by atoms with Crippen LogP contribution in [-0.4, -0.2) is 53.6 Å². The minimum absolute atomic E-state index is 0.0777. The van der Waals surface area contributed by atoms with Gasteiger partial charge in [-0.05, 0) is 23.1 Å². The van der Waals surface area contributed by atoms with Gasteiger partial charge in [0.15, 0.2) is 0 Å². The number of fused-ring (bicyclic) bond motifs is 1. The molecule has 3 aromatic carbocycles. The first-order valence-electron chi connectivity index (χ1n) is 12.2. The molecule has 2 aliphatic rings. The first kappa shape index (κ1) is 23.2. The summed E-state index contributed by atoms with van der Waals surface area (Å²) in [6, 6.07) is 30.5. The van der Waals surface area contributed by atoms with Crippen LogP contribution in [0.1, 0.15) is 23.1 Å². The molecule has 0 radical (unpaired) electrons. The third-order valence-corrected chi connectivity index (χ3v) is 6.89. The SMILES string of the molecule is O[C@@H]1[C@@H](OCc2ccccc2)[C@H](OCc2ccccc2)[C@@H](OCc2ccccc2)CN2CC[C@H]12. The molecular formula is C29H33NO4. The minimum Gasteiger partial charge on any atom is -0.389 e. The number of benzene rings is 3. The fraction of sp³-hybridized carbons (Fsp3) is 0.379. The number of hydrogen-bond donors (Lipinski definition) is 1. The molecule has 5 nitrogen and oxygen atoms in total. The van der Waals surface area contributed by atoms with Gasteiger partial charge in [0.25, 0.3) is 0 Å². The maximum Gasteiger partial charge on any atom is 0.114 e. The van der Waals surface area contributed by atoms with Crippen molar-refractivity contribution >= 4 is 0 Å². The van der Waals surface area contributed by atoms with Gasteiger partial charge >= 0.3 is 0 Å². The summed E-state index contributed by atoms with van der Waals surface area (Å²) in [5, 5.41) is 11.4. The van der Waals surface area contributed by atoms with Gasteiger partial charge < -0.3 is 19.3 Å². The average Bonchev–Trinajstić information content (AvgIpc) is 2.94. The maximum atomic E-state index is 11.4. The Balaban J connectivity index is 1.38. The second-order valence-corrected chi connectivity index (χ2v) is 9.20. The summed E-state index contributed by atoms with van der Waals surface area (Å²) in [6.45, 7) is 3.05. The van der Waals surface area contributed by atoms with Crippen LogP contribution in [0.4, 0.5) is 0 Å². The Morgan fingerprint density at radius 2 is 1.12 bits per heavy atom. The highest BCUT2D eigenvalue weighted by atomic mass is 16.6. The van der Waals surface area contributed by atoms with Crippen LogP contribution in [0.15, 0.2) is 91.0 Å². The lowest BCUT2D eigenvalue weighted by molar-refractivity contribution is -0.172. The van der Waals surface area contributed by atoms with Crippen molar-refractivity contribution in [3.63, 3.8) is 0 Å². The highest BCUT2D eigenvalue weighted by Gasteiger charge is 2.49. The lowest BCUT2D eigenvalue weighted by Gasteiger charge is -2.43. The first-order chi connectivity index (χ1) is 16.8. The molecule has 5 atom stereocenters. The standard InChI is InChI=1S/C29H33NO4/c31-27-25-16-17-30(25)18-26(32-19-22-10-4-1-5-11-22)28(33-20-23-12-6-2-7-13-23)29(27)34-21-24-14-8-3-9-15-24/h1-15,25-29,31H,16-21H2/t25-,26+,27+,28-,29-/m1/s1. The molecule has 2 aliphatic heterocycles. The molecule has 3 aromatic rings. The van der Waals surface area contributed by atoms with Crippen molar-refractivity contribution in [2.45, 2.75) is 56.7 Å². The van der Waals surface area contributed by atoms with Gasteiger partial charge in [-0.3, -0.25) is 4.90 Å². The van der Waals surface area contributed by atoms with Crippen LogP contribution in [0.3, 0.4) is 0 Å². The molecular weight excluding hydrogens is 426 g/mol. The average molecular weight is 460 g/mol. The van der Waals surface area contributed by atoms with E-state index in [4.69, 9.17) is 14.2 Å². The lowest BCUT2D eigenvalue weighted by Crippen LogP contribution is -2.56. The summed E-state index contributed by atoms with van der Waals surface area (Å²) in [4.78, 5) is 2.31. The summed E-state index contributed by atoms with van der Waals surface area (Å²) in [5.74, 6) is 0. The van der Waals surface area contributed by atoms with Crippen LogP contribution in [0.2, 0.25) is 0 Å². The van der Waals surface area contributed by atoms with E-state index >= 15 is 0 Å². The predicted molar refractivity (Wildman–Crippen MR) is 131 cm³/mol. The van der Waals surface area contributed by atoms with Gasteiger partial charge in [0.05, 0.1) is 32.0 Å². The fourth-order valence-electron chi connectivity index (χ4n) is 4.89. The van der Waals surface area contributed by atoms with E-state index in [9.17, 15) is 5.11 Å². The van der Waals surface area contributed by atoms with Gasteiger partial charge in [0.2, 0.25) is 0 Å². The van der Waals surface area contributed by atoms with E-state index in [-0.39, 0.29) is 12.1 Å². The quantitative estimate of drug-likeness (QED) is 0.520. The molecule has 34 heavy (non-hydrogen) atoms. The highest BCUT2D eigenvalue weighted by molar-refractivity contribution is 5.16. The molecule has 2 fully saturated rings. The Morgan fingerprint density at radius 1 is 0.647 bits per heavy atom. The van der Waals surface area contributed by atoms with Crippen molar-refractivity contribution in [2.24, 2.45) is 0 Å². The molecule has 0 spiro atoms. The molecule has 5 heteroatoms. The number of hydrogen-bond acceptors (Lipinski definition) is 5. The molecule has 1 N–H and O–H groups in total. The van der Waals surface area contributed by atoms with Crippen molar-refractivity contribution in [1.29, 1.82) is 0 Å². The molecule has 178 valence electrons. The Hall–Kier alpha value is -2.54. The monoisotopic (exact) mass is 459 g/mol. The zero-order valence-corrected chi connectivity index (χ0v) is 19.4. The second kappa shape index (κ2) is 11.3. The van der Waals surface area contributed by atoms with Crippen LogP contribution < -0.4 is 0 Å². The van der Waals surface area contributed by atoms with Crippen molar-refractivity contribution in [2.75, 3.05) is 13.1 Å². The van der Waals surface area contributed by atoms with Gasteiger partial charge in [0.1, 0.15) is 12.2 Å².